The molecule has 1 atom stereocenters. The standard InChI is InChI=1S/C14H19NS2/c1-14(2,3)15-12(10-17-13(15)16)9-11-7-5-4-6-8-11/h4-8,12H,9-10H2,1-3H3/t12-/m0/s1. The van der Waals surface area contributed by atoms with E-state index in [0.717, 1.165) is 16.5 Å². The molecule has 0 unspecified atom stereocenters. The van der Waals surface area contributed by atoms with Gasteiger partial charge in [-0.05, 0) is 32.8 Å². The van der Waals surface area contributed by atoms with Gasteiger partial charge in [0, 0.05) is 17.3 Å². The van der Waals surface area contributed by atoms with Crippen LogP contribution in [-0.2, 0) is 6.42 Å². The van der Waals surface area contributed by atoms with Gasteiger partial charge in [-0.15, -0.1) is 0 Å². The van der Waals surface area contributed by atoms with E-state index in [4.69, 9.17) is 12.2 Å². The lowest BCUT2D eigenvalue weighted by Gasteiger charge is -2.38. The molecule has 0 aromatic heterocycles. The van der Waals surface area contributed by atoms with Crippen LogP contribution in [0.1, 0.15) is 26.3 Å². The molecule has 0 amide bonds. The van der Waals surface area contributed by atoms with Gasteiger partial charge in [-0.3, -0.25) is 0 Å². The van der Waals surface area contributed by atoms with Crippen LogP contribution < -0.4 is 0 Å². The largest absolute Gasteiger partial charge is 0.349 e. The molecule has 1 aromatic rings. The van der Waals surface area contributed by atoms with Crippen LogP contribution in [0.3, 0.4) is 0 Å². The van der Waals surface area contributed by atoms with Gasteiger partial charge in [-0.25, -0.2) is 0 Å². The highest BCUT2D eigenvalue weighted by atomic mass is 32.2. The molecule has 0 saturated carbocycles. The topological polar surface area (TPSA) is 3.24 Å². The molecule has 0 radical (unpaired) electrons. The molecule has 92 valence electrons. The highest BCUT2D eigenvalue weighted by Gasteiger charge is 2.36. The average Bonchev–Trinajstić information content (AvgIpc) is 2.60. The minimum Gasteiger partial charge on any atom is -0.349 e. The number of thioether (sulfide) groups is 1. The molecule has 0 bridgehead atoms. The van der Waals surface area contributed by atoms with E-state index in [1.807, 2.05) is 11.8 Å². The summed E-state index contributed by atoms with van der Waals surface area (Å²) >= 11 is 7.29. The molecule has 3 heteroatoms. The highest BCUT2D eigenvalue weighted by Crippen LogP contribution is 2.32. The SMILES string of the molecule is CC(C)(C)N1C(=S)SC[C@@H]1Cc1ccccc1. The normalized spacial score (nSPS) is 21.0. The first-order chi connectivity index (χ1) is 7.98. The van der Waals surface area contributed by atoms with E-state index in [1.165, 1.54) is 5.56 Å². The summed E-state index contributed by atoms with van der Waals surface area (Å²) in [6.45, 7) is 6.72. The van der Waals surface area contributed by atoms with Crippen LogP contribution in [-0.4, -0.2) is 26.6 Å². The van der Waals surface area contributed by atoms with Gasteiger partial charge in [-0.1, -0.05) is 54.3 Å². The third-order valence-corrected chi connectivity index (χ3v) is 4.54. The molecular formula is C14H19NS2. The van der Waals surface area contributed by atoms with Gasteiger partial charge < -0.3 is 4.90 Å². The van der Waals surface area contributed by atoms with Crippen molar-refractivity contribution in [1.82, 2.24) is 4.90 Å². The van der Waals surface area contributed by atoms with Crippen molar-refractivity contribution >= 4 is 28.3 Å². The van der Waals surface area contributed by atoms with Crippen LogP contribution in [0.4, 0.5) is 0 Å². The van der Waals surface area contributed by atoms with Gasteiger partial charge in [-0.2, -0.15) is 0 Å². The number of hydrogen-bond donors (Lipinski definition) is 0. The quantitative estimate of drug-likeness (QED) is 0.750. The monoisotopic (exact) mass is 265 g/mol. The summed E-state index contributed by atoms with van der Waals surface area (Å²) in [4.78, 5) is 2.40. The maximum atomic E-state index is 5.47. The van der Waals surface area contributed by atoms with Crippen LogP contribution in [0.15, 0.2) is 30.3 Å². The Morgan fingerprint density at radius 1 is 1.29 bits per heavy atom. The third kappa shape index (κ3) is 3.02. The van der Waals surface area contributed by atoms with Crippen molar-refractivity contribution in [2.24, 2.45) is 0 Å². The minimum absolute atomic E-state index is 0.125. The van der Waals surface area contributed by atoms with E-state index >= 15 is 0 Å². The second kappa shape index (κ2) is 4.99. The number of rotatable bonds is 2. The van der Waals surface area contributed by atoms with Crippen molar-refractivity contribution in [3.63, 3.8) is 0 Å². The molecule has 2 rings (SSSR count). The van der Waals surface area contributed by atoms with Gasteiger partial charge in [0.15, 0.2) is 0 Å². The van der Waals surface area contributed by atoms with Crippen LogP contribution >= 0.6 is 24.0 Å². The molecule has 1 aliphatic rings. The van der Waals surface area contributed by atoms with Gasteiger partial charge in [0.1, 0.15) is 4.32 Å². The lowest BCUT2D eigenvalue weighted by Crippen LogP contribution is -2.47. The number of thiocarbonyl (C=S) groups is 1. The molecule has 1 aromatic carbocycles. The zero-order chi connectivity index (χ0) is 12.5. The fourth-order valence-electron chi connectivity index (χ4n) is 2.32. The summed E-state index contributed by atoms with van der Waals surface area (Å²) in [6.07, 6.45) is 1.09. The first-order valence-electron chi connectivity index (χ1n) is 5.98. The zero-order valence-corrected chi connectivity index (χ0v) is 12.3. The maximum absolute atomic E-state index is 5.47. The van der Waals surface area contributed by atoms with Crippen molar-refractivity contribution < 1.29 is 0 Å². The van der Waals surface area contributed by atoms with E-state index in [9.17, 15) is 0 Å². The van der Waals surface area contributed by atoms with Gasteiger partial charge in [0.25, 0.3) is 0 Å². The van der Waals surface area contributed by atoms with Crippen molar-refractivity contribution in [3.8, 4) is 0 Å². The van der Waals surface area contributed by atoms with Gasteiger partial charge in [0.2, 0.25) is 0 Å². The molecule has 17 heavy (non-hydrogen) atoms. The first-order valence-corrected chi connectivity index (χ1v) is 7.38. The van der Waals surface area contributed by atoms with Crippen LogP contribution in [0, 0.1) is 0 Å². The Balaban J connectivity index is 2.13. The molecule has 1 aliphatic heterocycles. The van der Waals surface area contributed by atoms with Crippen molar-refractivity contribution in [2.45, 2.75) is 38.8 Å². The Morgan fingerprint density at radius 3 is 2.53 bits per heavy atom. The van der Waals surface area contributed by atoms with E-state index in [2.05, 4.69) is 56.0 Å². The number of nitrogens with zero attached hydrogens (tertiary/aromatic N) is 1. The van der Waals surface area contributed by atoms with Crippen LogP contribution in [0.25, 0.3) is 0 Å². The fraction of sp³-hybridized carbons (Fsp3) is 0.500. The molecule has 1 fully saturated rings. The Hall–Kier alpha value is -0.540. The predicted molar refractivity (Wildman–Crippen MR) is 80.6 cm³/mol. The van der Waals surface area contributed by atoms with E-state index < -0.39 is 0 Å². The van der Waals surface area contributed by atoms with Crippen molar-refractivity contribution in [3.05, 3.63) is 35.9 Å². The van der Waals surface area contributed by atoms with Crippen LogP contribution in [0.5, 0.6) is 0 Å². The highest BCUT2D eigenvalue weighted by molar-refractivity contribution is 8.23. The Morgan fingerprint density at radius 2 is 1.94 bits per heavy atom. The van der Waals surface area contributed by atoms with Gasteiger partial charge in [0.05, 0.1) is 0 Å². The zero-order valence-electron chi connectivity index (χ0n) is 10.6. The second-order valence-corrected chi connectivity index (χ2v) is 7.12. The summed E-state index contributed by atoms with van der Waals surface area (Å²) in [5.41, 5.74) is 1.53. The average molecular weight is 265 g/mol. The summed E-state index contributed by atoms with van der Waals surface area (Å²) < 4.78 is 1.05. The smallest absolute Gasteiger partial charge is 0.137 e. The summed E-state index contributed by atoms with van der Waals surface area (Å²) in [5, 5.41) is 0. The lowest BCUT2D eigenvalue weighted by atomic mass is 10.0. The molecule has 1 nitrogen and oxygen atoms in total. The second-order valence-electron chi connectivity index (χ2n) is 5.46. The van der Waals surface area contributed by atoms with E-state index in [1.54, 1.807) is 0 Å². The Labute approximate surface area is 114 Å². The predicted octanol–water partition coefficient (Wildman–Crippen LogP) is 3.73. The van der Waals surface area contributed by atoms with E-state index in [0.29, 0.717) is 6.04 Å². The van der Waals surface area contributed by atoms with E-state index in [-0.39, 0.29) is 5.54 Å². The summed E-state index contributed by atoms with van der Waals surface area (Å²) in [6, 6.07) is 11.2. The third-order valence-electron chi connectivity index (χ3n) is 3.00. The number of hydrogen-bond acceptors (Lipinski definition) is 2. The van der Waals surface area contributed by atoms with Crippen molar-refractivity contribution in [2.75, 3.05) is 5.75 Å². The van der Waals surface area contributed by atoms with Crippen molar-refractivity contribution in [1.29, 1.82) is 0 Å². The number of benzene rings is 1. The lowest BCUT2D eigenvalue weighted by molar-refractivity contribution is 0.201. The van der Waals surface area contributed by atoms with Gasteiger partial charge >= 0.3 is 0 Å². The molecule has 1 saturated heterocycles. The maximum Gasteiger partial charge on any atom is 0.137 e. The minimum atomic E-state index is 0.125. The molecule has 1 heterocycles. The Kier molecular flexibility index (Phi) is 3.79. The summed E-state index contributed by atoms with van der Waals surface area (Å²) in [7, 11) is 0. The first kappa shape index (κ1) is 12.9. The summed E-state index contributed by atoms with van der Waals surface area (Å²) in [5.74, 6) is 1.12. The Bertz CT molecular complexity index is 394. The molecule has 0 spiro atoms. The molecule has 0 aliphatic carbocycles. The molecular weight excluding hydrogens is 246 g/mol. The molecule has 0 N–H and O–H groups in total. The fourth-order valence-corrected chi connectivity index (χ4v) is 4.11. The van der Waals surface area contributed by atoms with Crippen LogP contribution in [0.2, 0.25) is 0 Å².